The minimum absolute atomic E-state index is 0.122. The summed E-state index contributed by atoms with van der Waals surface area (Å²) in [6.07, 6.45) is 1.84. The number of aryl methyl sites for hydroxylation is 2. The number of rotatable bonds is 7. The van der Waals surface area contributed by atoms with Crippen LogP contribution in [-0.2, 0) is 9.53 Å². The van der Waals surface area contributed by atoms with E-state index in [9.17, 15) is 9.18 Å². The smallest absolute Gasteiger partial charge is 0.222 e. The van der Waals surface area contributed by atoms with Crippen LogP contribution in [0.5, 0.6) is 5.75 Å². The van der Waals surface area contributed by atoms with Crippen molar-refractivity contribution >= 4 is 5.91 Å². The lowest BCUT2D eigenvalue weighted by Gasteiger charge is -2.33. The van der Waals surface area contributed by atoms with E-state index in [2.05, 4.69) is 12.1 Å². The van der Waals surface area contributed by atoms with Crippen LogP contribution >= 0.6 is 0 Å². The monoisotopic (exact) mass is 385 g/mol. The molecular formula is C23H28FNO3. The van der Waals surface area contributed by atoms with E-state index >= 15 is 0 Å². The number of carbonyl (C=O) groups excluding carboxylic acids is 1. The summed E-state index contributed by atoms with van der Waals surface area (Å²) >= 11 is 0. The minimum Gasteiger partial charge on any atom is -0.493 e. The number of benzene rings is 2. The van der Waals surface area contributed by atoms with E-state index in [0.717, 1.165) is 29.7 Å². The zero-order valence-corrected chi connectivity index (χ0v) is 16.6. The maximum absolute atomic E-state index is 13.4. The van der Waals surface area contributed by atoms with Crippen LogP contribution in [0.1, 0.15) is 42.1 Å². The lowest BCUT2D eigenvalue weighted by molar-refractivity contribution is -0.139. The van der Waals surface area contributed by atoms with Crippen LogP contribution in [0, 0.1) is 19.7 Å². The molecule has 1 amide bonds. The Balaban J connectivity index is 1.41. The number of hydrogen-bond acceptors (Lipinski definition) is 3. The highest BCUT2D eigenvalue weighted by molar-refractivity contribution is 5.76. The Morgan fingerprint density at radius 2 is 2.07 bits per heavy atom. The van der Waals surface area contributed by atoms with E-state index in [0.29, 0.717) is 32.7 Å². The van der Waals surface area contributed by atoms with Crippen molar-refractivity contribution in [2.45, 2.75) is 39.2 Å². The van der Waals surface area contributed by atoms with Crippen LogP contribution < -0.4 is 4.74 Å². The average Bonchev–Trinajstić information content (AvgIpc) is 2.70. The van der Waals surface area contributed by atoms with Gasteiger partial charge in [-0.05, 0) is 61.6 Å². The Hall–Kier alpha value is -2.40. The van der Waals surface area contributed by atoms with Gasteiger partial charge in [-0.2, -0.15) is 0 Å². The second kappa shape index (κ2) is 9.69. The number of morpholine rings is 1. The Kier molecular flexibility index (Phi) is 7.04. The van der Waals surface area contributed by atoms with Crippen molar-refractivity contribution < 1.29 is 18.7 Å². The summed E-state index contributed by atoms with van der Waals surface area (Å²) in [7, 11) is 0. The molecule has 0 spiro atoms. The maximum atomic E-state index is 13.4. The van der Waals surface area contributed by atoms with Crippen molar-refractivity contribution in [1.29, 1.82) is 0 Å². The number of carbonyl (C=O) groups is 1. The molecule has 5 heteroatoms. The van der Waals surface area contributed by atoms with E-state index in [1.54, 1.807) is 6.07 Å². The Morgan fingerprint density at radius 1 is 1.21 bits per heavy atom. The number of halogens is 1. The second-order valence-electron chi connectivity index (χ2n) is 7.33. The van der Waals surface area contributed by atoms with Crippen LogP contribution in [0.15, 0.2) is 42.5 Å². The molecule has 28 heavy (non-hydrogen) atoms. The first-order chi connectivity index (χ1) is 13.5. The van der Waals surface area contributed by atoms with Crippen LogP contribution in [0.2, 0.25) is 0 Å². The third kappa shape index (κ3) is 5.55. The summed E-state index contributed by atoms with van der Waals surface area (Å²) in [5, 5.41) is 0. The third-order valence-corrected chi connectivity index (χ3v) is 5.03. The molecule has 0 N–H and O–H groups in total. The Labute approximate surface area is 166 Å². The third-order valence-electron chi connectivity index (χ3n) is 5.03. The molecule has 0 saturated carbocycles. The summed E-state index contributed by atoms with van der Waals surface area (Å²) in [6.45, 7) is 6.22. The van der Waals surface area contributed by atoms with Gasteiger partial charge in [-0.25, -0.2) is 4.39 Å². The molecule has 1 fully saturated rings. The molecule has 2 aromatic carbocycles. The number of ether oxygens (including phenoxy) is 2. The summed E-state index contributed by atoms with van der Waals surface area (Å²) in [4.78, 5) is 14.4. The second-order valence-corrected chi connectivity index (χ2v) is 7.33. The van der Waals surface area contributed by atoms with Crippen molar-refractivity contribution in [3.05, 3.63) is 65.0 Å². The zero-order chi connectivity index (χ0) is 19.9. The van der Waals surface area contributed by atoms with Crippen molar-refractivity contribution in [3.63, 3.8) is 0 Å². The fourth-order valence-corrected chi connectivity index (χ4v) is 3.37. The van der Waals surface area contributed by atoms with Crippen LogP contribution in [-0.4, -0.2) is 37.1 Å². The van der Waals surface area contributed by atoms with E-state index in [1.807, 2.05) is 30.9 Å². The van der Waals surface area contributed by atoms with Crippen LogP contribution in [0.25, 0.3) is 0 Å². The molecule has 1 aliphatic heterocycles. The first kappa shape index (κ1) is 20.3. The van der Waals surface area contributed by atoms with Gasteiger partial charge in [0.05, 0.1) is 19.8 Å². The van der Waals surface area contributed by atoms with Gasteiger partial charge in [0.25, 0.3) is 0 Å². The summed E-state index contributed by atoms with van der Waals surface area (Å²) in [5.41, 5.74) is 3.08. The summed E-state index contributed by atoms with van der Waals surface area (Å²) in [6, 6.07) is 12.6. The fourth-order valence-electron chi connectivity index (χ4n) is 3.37. The summed E-state index contributed by atoms with van der Waals surface area (Å²) in [5.74, 6) is 0.752. The molecule has 0 radical (unpaired) electrons. The van der Waals surface area contributed by atoms with Gasteiger partial charge < -0.3 is 14.4 Å². The number of nitrogens with zero attached hydrogens (tertiary/aromatic N) is 1. The molecule has 1 heterocycles. The van der Waals surface area contributed by atoms with Gasteiger partial charge in [-0.15, -0.1) is 0 Å². The topological polar surface area (TPSA) is 38.8 Å². The van der Waals surface area contributed by atoms with E-state index in [4.69, 9.17) is 9.47 Å². The van der Waals surface area contributed by atoms with Crippen molar-refractivity contribution in [2.24, 2.45) is 0 Å². The Bertz CT molecular complexity index is 808. The molecule has 3 rings (SSSR count). The molecule has 0 aromatic heterocycles. The van der Waals surface area contributed by atoms with Gasteiger partial charge in [0, 0.05) is 13.0 Å². The normalized spacial score (nSPS) is 16.8. The first-order valence-corrected chi connectivity index (χ1v) is 9.88. The van der Waals surface area contributed by atoms with Crippen molar-refractivity contribution in [1.82, 2.24) is 4.90 Å². The van der Waals surface area contributed by atoms with E-state index < -0.39 is 0 Å². The average molecular weight is 385 g/mol. The molecule has 1 unspecified atom stereocenters. The molecule has 0 aliphatic carbocycles. The zero-order valence-electron chi connectivity index (χ0n) is 16.6. The largest absolute Gasteiger partial charge is 0.493 e. The SMILES string of the molecule is Cc1ccc(C)c(OCCCCC(=O)N2CCOC(c3cccc(F)c3)C2)c1. The maximum Gasteiger partial charge on any atom is 0.222 e. The lowest BCUT2D eigenvalue weighted by atomic mass is 10.1. The van der Waals surface area contributed by atoms with Crippen molar-refractivity contribution in [2.75, 3.05) is 26.3 Å². The standard InChI is InChI=1S/C23H28FNO3/c1-17-9-10-18(2)21(14-17)27-12-4-3-8-23(26)25-11-13-28-22(16-25)19-6-5-7-20(24)15-19/h5-7,9-10,14-15,22H,3-4,8,11-13,16H2,1-2H3. The van der Waals surface area contributed by atoms with Gasteiger partial charge in [0.2, 0.25) is 5.91 Å². The van der Waals surface area contributed by atoms with E-state index in [-0.39, 0.29) is 17.8 Å². The number of amides is 1. The molecule has 4 nitrogen and oxygen atoms in total. The highest BCUT2D eigenvalue weighted by Crippen LogP contribution is 2.24. The van der Waals surface area contributed by atoms with Gasteiger partial charge in [0.15, 0.2) is 0 Å². The van der Waals surface area contributed by atoms with Gasteiger partial charge >= 0.3 is 0 Å². The molecule has 1 saturated heterocycles. The highest BCUT2D eigenvalue weighted by Gasteiger charge is 2.25. The van der Waals surface area contributed by atoms with Crippen LogP contribution in [0.4, 0.5) is 4.39 Å². The number of hydrogen-bond donors (Lipinski definition) is 0. The van der Waals surface area contributed by atoms with Gasteiger partial charge in [0.1, 0.15) is 17.7 Å². The molecule has 1 atom stereocenters. The minimum atomic E-state index is -0.284. The molecule has 0 bridgehead atoms. The van der Waals surface area contributed by atoms with Crippen LogP contribution in [0.3, 0.4) is 0 Å². The first-order valence-electron chi connectivity index (χ1n) is 9.88. The summed E-state index contributed by atoms with van der Waals surface area (Å²) < 4.78 is 25.0. The lowest BCUT2D eigenvalue weighted by Crippen LogP contribution is -2.42. The molecule has 1 aliphatic rings. The van der Waals surface area contributed by atoms with Gasteiger partial charge in [-0.1, -0.05) is 24.3 Å². The van der Waals surface area contributed by atoms with Gasteiger partial charge in [-0.3, -0.25) is 4.79 Å². The fraction of sp³-hybridized carbons (Fsp3) is 0.435. The number of unbranched alkanes of at least 4 members (excludes halogenated alkanes) is 1. The van der Waals surface area contributed by atoms with Crippen molar-refractivity contribution in [3.8, 4) is 5.75 Å². The highest BCUT2D eigenvalue weighted by atomic mass is 19.1. The molecule has 2 aromatic rings. The molecular weight excluding hydrogens is 357 g/mol. The Morgan fingerprint density at radius 3 is 2.89 bits per heavy atom. The van der Waals surface area contributed by atoms with E-state index in [1.165, 1.54) is 17.7 Å². The predicted octanol–water partition coefficient (Wildman–Crippen LogP) is 4.59. The quantitative estimate of drug-likeness (QED) is 0.654. The molecule has 150 valence electrons. The predicted molar refractivity (Wildman–Crippen MR) is 107 cm³/mol.